The highest BCUT2D eigenvalue weighted by Crippen LogP contribution is 2.32. The first-order valence-corrected chi connectivity index (χ1v) is 9.02. The molecule has 136 valence electrons. The number of benzene rings is 3. The average Bonchev–Trinajstić information content (AvgIpc) is 2.72. The van der Waals surface area contributed by atoms with Crippen LogP contribution in [0.2, 0.25) is 0 Å². The van der Waals surface area contributed by atoms with Gasteiger partial charge in [0.05, 0.1) is 6.54 Å². The van der Waals surface area contributed by atoms with Gasteiger partial charge in [-0.1, -0.05) is 60.7 Å². The molecule has 4 nitrogen and oxygen atoms in total. The Kier molecular flexibility index (Phi) is 4.79. The molecule has 1 amide bonds. The van der Waals surface area contributed by atoms with Crippen molar-refractivity contribution in [2.75, 3.05) is 11.5 Å². The van der Waals surface area contributed by atoms with Crippen LogP contribution in [0.25, 0.3) is 0 Å². The zero-order chi connectivity index (χ0) is 18.6. The number of aryl methyl sites for hydroxylation is 1. The van der Waals surface area contributed by atoms with E-state index in [-0.39, 0.29) is 12.5 Å². The summed E-state index contributed by atoms with van der Waals surface area (Å²) < 4.78 is 11.7. The van der Waals surface area contributed by atoms with Gasteiger partial charge in [-0.3, -0.25) is 4.79 Å². The lowest BCUT2D eigenvalue weighted by Gasteiger charge is -2.31. The monoisotopic (exact) mass is 359 g/mol. The van der Waals surface area contributed by atoms with Crippen molar-refractivity contribution in [3.8, 4) is 11.5 Å². The molecule has 0 N–H and O–H groups in total. The molecule has 3 aromatic rings. The predicted molar refractivity (Wildman–Crippen MR) is 105 cm³/mol. The summed E-state index contributed by atoms with van der Waals surface area (Å²) in [5.41, 5.74) is 2.99. The van der Waals surface area contributed by atoms with E-state index in [9.17, 15) is 4.79 Å². The molecule has 27 heavy (non-hydrogen) atoms. The van der Waals surface area contributed by atoms with Crippen molar-refractivity contribution in [2.45, 2.75) is 19.6 Å². The molecule has 0 aliphatic carbocycles. The molecule has 0 spiro atoms. The minimum absolute atomic E-state index is 0.109. The van der Waals surface area contributed by atoms with Gasteiger partial charge in [-0.15, -0.1) is 0 Å². The molecule has 1 atom stereocenters. The Bertz CT molecular complexity index is 939. The van der Waals surface area contributed by atoms with E-state index in [2.05, 4.69) is 0 Å². The molecule has 4 heteroatoms. The molecule has 0 unspecified atom stereocenters. The number of hydrogen-bond acceptors (Lipinski definition) is 3. The van der Waals surface area contributed by atoms with Crippen molar-refractivity contribution in [3.05, 3.63) is 90.0 Å². The van der Waals surface area contributed by atoms with Crippen LogP contribution in [-0.4, -0.2) is 18.6 Å². The highest BCUT2D eigenvalue weighted by Gasteiger charge is 2.32. The number of hydrogen-bond donors (Lipinski definition) is 0. The molecule has 0 aromatic heterocycles. The van der Waals surface area contributed by atoms with Gasteiger partial charge in [0.1, 0.15) is 6.61 Å². The lowest BCUT2D eigenvalue weighted by molar-refractivity contribution is -0.127. The maximum absolute atomic E-state index is 13.4. The van der Waals surface area contributed by atoms with Crippen molar-refractivity contribution in [3.63, 3.8) is 0 Å². The number of fused-ring (bicyclic) bond motifs is 1. The second-order valence-corrected chi connectivity index (χ2v) is 6.56. The Hall–Kier alpha value is -3.27. The molecule has 0 bridgehead atoms. The van der Waals surface area contributed by atoms with Gasteiger partial charge in [0, 0.05) is 5.69 Å². The summed E-state index contributed by atoms with van der Waals surface area (Å²) in [5, 5.41) is 0. The third kappa shape index (κ3) is 3.65. The molecule has 1 heterocycles. The van der Waals surface area contributed by atoms with Gasteiger partial charge in [0.25, 0.3) is 5.91 Å². The zero-order valence-electron chi connectivity index (χ0n) is 15.2. The van der Waals surface area contributed by atoms with Crippen molar-refractivity contribution in [2.24, 2.45) is 0 Å². The van der Waals surface area contributed by atoms with E-state index in [1.54, 1.807) is 4.90 Å². The van der Waals surface area contributed by atoms with Crippen LogP contribution < -0.4 is 14.4 Å². The Morgan fingerprint density at radius 3 is 2.37 bits per heavy atom. The summed E-state index contributed by atoms with van der Waals surface area (Å²) in [5.74, 6) is 1.17. The van der Waals surface area contributed by atoms with Crippen LogP contribution in [0.1, 0.15) is 11.1 Å². The van der Waals surface area contributed by atoms with Crippen LogP contribution in [0.4, 0.5) is 5.69 Å². The third-order valence-electron chi connectivity index (χ3n) is 4.64. The minimum atomic E-state index is -0.678. The van der Waals surface area contributed by atoms with Gasteiger partial charge in [0.2, 0.25) is 6.10 Å². The van der Waals surface area contributed by atoms with Gasteiger partial charge >= 0.3 is 0 Å². The first-order chi connectivity index (χ1) is 13.2. The number of ether oxygens (including phenoxy) is 2. The van der Waals surface area contributed by atoms with E-state index < -0.39 is 6.10 Å². The topological polar surface area (TPSA) is 38.8 Å². The molecule has 4 rings (SSSR count). The second-order valence-electron chi connectivity index (χ2n) is 6.56. The van der Waals surface area contributed by atoms with E-state index >= 15 is 0 Å². The standard InChI is InChI=1S/C23H21NO3/c1-17-9-5-6-12-19(17)24(15-18-10-3-2-4-11-18)23(25)22-16-26-20-13-7-8-14-21(20)27-22/h2-14,22H,15-16H2,1H3/t22-/m0/s1. The molecule has 0 fully saturated rings. The number of rotatable bonds is 4. The number of para-hydroxylation sites is 3. The number of anilines is 1. The maximum atomic E-state index is 13.4. The first-order valence-electron chi connectivity index (χ1n) is 9.02. The predicted octanol–water partition coefficient (Wildman–Crippen LogP) is 4.37. The smallest absolute Gasteiger partial charge is 0.271 e. The highest BCUT2D eigenvalue weighted by molar-refractivity contribution is 5.97. The number of amides is 1. The highest BCUT2D eigenvalue weighted by atomic mass is 16.6. The fraction of sp³-hybridized carbons (Fsp3) is 0.174. The lowest BCUT2D eigenvalue weighted by Crippen LogP contribution is -2.46. The Labute approximate surface area is 159 Å². The van der Waals surface area contributed by atoms with Crippen molar-refractivity contribution in [1.29, 1.82) is 0 Å². The van der Waals surface area contributed by atoms with Crippen LogP contribution in [0.15, 0.2) is 78.9 Å². The van der Waals surface area contributed by atoms with E-state index in [0.29, 0.717) is 18.0 Å². The van der Waals surface area contributed by atoms with Crippen LogP contribution in [0, 0.1) is 6.92 Å². The van der Waals surface area contributed by atoms with Crippen LogP contribution in [0.5, 0.6) is 11.5 Å². The van der Waals surface area contributed by atoms with E-state index in [1.165, 1.54) is 0 Å². The third-order valence-corrected chi connectivity index (χ3v) is 4.64. The molecule has 1 aliphatic rings. The fourth-order valence-electron chi connectivity index (χ4n) is 3.23. The summed E-state index contributed by atoms with van der Waals surface area (Å²) in [6.07, 6.45) is -0.678. The Balaban J connectivity index is 1.64. The largest absolute Gasteiger partial charge is 0.485 e. The van der Waals surface area contributed by atoms with Crippen molar-refractivity contribution < 1.29 is 14.3 Å². The van der Waals surface area contributed by atoms with Crippen LogP contribution >= 0.6 is 0 Å². The lowest BCUT2D eigenvalue weighted by atomic mass is 10.1. The molecule has 3 aromatic carbocycles. The van der Waals surface area contributed by atoms with Crippen LogP contribution in [0.3, 0.4) is 0 Å². The molecule has 0 saturated carbocycles. The van der Waals surface area contributed by atoms with Gasteiger partial charge in [-0.2, -0.15) is 0 Å². The summed E-state index contributed by atoms with van der Waals surface area (Å²) in [4.78, 5) is 15.2. The number of nitrogens with zero attached hydrogens (tertiary/aromatic N) is 1. The van der Waals surface area contributed by atoms with Gasteiger partial charge < -0.3 is 14.4 Å². The van der Waals surface area contributed by atoms with E-state index in [0.717, 1.165) is 16.8 Å². The van der Waals surface area contributed by atoms with Gasteiger partial charge in [-0.05, 0) is 36.2 Å². The van der Waals surface area contributed by atoms with E-state index in [4.69, 9.17) is 9.47 Å². The van der Waals surface area contributed by atoms with Gasteiger partial charge in [0.15, 0.2) is 11.5 Å². The van der Waals surface area contributed by atoms with Crippen molar-refractivity contribution in [1.82, 2.24) is 0 Å². The van der Waals surface area contributed by atoms with Crippen LogP contribution in [-0.2, 0) is 11.3 Å². The summed E-state index contributed by atoms with van der Waals surface area (Å²) in [6, 6.07) is 25.3. The summed E-state index contributed by atoms with van der Waals surface area (Å²) >= 11 is 0. The molecular weight excluding hydrogens is 338 g/mol. The molecule has 1 aliphatic heterocycles. The fourth-order valence-corrected chi connectivity index (χ4v) is 3.23. The number of carbonyl (C=O) groups excluding carboxylic acids is 1. The molecule has 0 saturated heterocycles. The first kappa shape index (κ1) is 17.2. The van der Waals surface area contributed by atoms with Crippen molar-refractivity contribution >= 4 is 11.6 Å². The second kappa shape index (κ2) is 7.54. The zero-order valence-corrected chi connectivity index (χ0v) is 15.2. The number of carbonyl (C=O) groups is 1. The summed E-state index contributed by atoms with van der Waals surface area (Å²) in [7, 11) is 0. The quantitative estimate of drug-likeness (QED) is 0.694. The normalized spacial score (nSPS) is 15.2. The molecular formula is C23H21NO3. The molecule has 0 radical (unpaired) electrons. The SMILES string of the molecule is Cc1ccccc1N(Cc1ccccc1)C(=O)[C@@H]1COc2ccccc2O1. The summed E-state index contributed by atoms with van der Waals surface area (Å²) in [6.45, 7) is 2.69. The average molecular weight is 359 g/mol. The van der Waals surface area contributed by atoms with E-state index in [1.807, 2.05) is 85.8 Å². The Morgan fingerprint density at radius 1 is 0.926 bits per heavy atom. The van der Waals surface area contributed by atoms with Gasteiger partial charge in [-0.25, -0.2) is 0 Å². The maximum Gasteiger partial charge on any atom is 0.271 e. The minimum Gasteiger partial charge on any atom is -0.485 e. The Morgan fingerprint density at radius 2 is 1.59 bits per heavy atom.